The number of nitrogens with zero attached hydrogens (tertiary/aromatic N) is 3. The van der Waals surface area contributed by atoms with E-state index in [-0.39, 0.29) is 35.3 Å². The average molecular weight is 696 g/mol. The number of carbonyl (C=O) groups excluding carboxylic acids is 1. The zero-order chi connectivity index (χ0) is 35.6. The number of ether oxygens (including phenoxy) is 2. The first-order valence-corrected chi connectivity index (χ1v) is 18.1. The molecule has 11 heteroatoms. The molecule has 9 nitrogen and oxygen atoms in total. The van der Waals surface area contributed by atoms with Crippen LogP contribution in [-0.2, 0) is 26.7 Å². The molecule has 0 saturated heterocycles. The van der Waals surface area contributed by atoms with Gasteiger partial charge in [0.1, 0.15) is 29.0 Å². The van der Waals surface area contributed by atoms with Crippen LogP contribution < -0.4 is 10.1 Å². The summed E-state index contributed by atoms with van der Waals surface area (Å²) in [7, 11) is -2.75. The lowest BCUT2D eigenvalue weighted by Gasteiger charge is -2.45. The molecule has 0 bridgehead atoms. The van der Waals surface area contributed by atoms with Crippen molar-refractivity contribution < 1.29 is 22.9 Å². The number of amides is 2. The number of hydrogen-bond acceptors (Lipinski definition) is 6. The fraction of sp³-hybridized carbons (Fsp3) is 0.282. The Kier molecular flexibility index (Phi) is 9.82. The summed E-state index contributed by atoms with van der Waals surface area (Å²) >= 11 is 0. The first-order valence-electron chi connectivity index (χ1n) is 16.6. The van der Waals surface area contributed by atoms with E-state index in [0.717, 1.165) is 4.31 Å². The van der Waals surface area contributed by atoms with Crippen molar-refractivity contribution in [1.82, 2.24) is 14.1 Å². The van der Waals surface area contributed by atoms with Crippen molar-refractivity contribution >= 4 is 21.6 Å². The summed E-state index contributed by atoms with van der Waals surface area (Å²) in [4.78, 5) is 15.4. The number of urea groups is 1. The molecule has 50 heavy (non-hydrogen) atoms. The van der Waals surface area contributed by atoms with Crippen LogP contribution in [0.15, 0.2) is 114 Å². The van der Waals surface area contributed by atoms with E-state index in [4.69, 9.17) is 9.47 Å². The van der Waals surface area contributed by atoms with Gasteiger partial charge in [0.15, 0.2) is 9.92 Å². The van der Waals surface area contributed by atoms with Crippen LogP contribution in [0.25, 0.3) is 0 Å². The van der Waals surface area contributed by atoms with Crippen LogP contribution in [0.5, 0.6) is 5.88 Å². The fourth-order valence-electron chi connectivity index (χ4n) is 6.70. The molecule has 2 amide bonds. The topological polar surface area (TPSA) is 110 Å². The molecule has 6 rings (SSSR count). The van der Waals surface area contributed by atoms with Crippen molar-refractivity contribution in [2.75, 3.05) is 19.0 Å². The Balaban J connectivity index is 1.69. The van der Waals surface area contributed by atoms with Crippen molar-refractivity contribution in [3.05, 3.63) is 143 Å². The lowest BCUT2D eigenvalue weighted by Crippen LogP contribution is -2.55. The van der Waals surface area contributed by atoms with Gasteiger partial charge in [-0.05, 0) is 51.8 Å². The summed E-state index contributed by atoms with van der Waals surface area (Å²) in [5, 5.41) is 7.53. The quantitative estimate of drug-likeness (QED) is 0.142. The molecule has 2 heterocycles. The number of aromatic nitrogens is 2. The minimum Gasteiger partial charge on any atom is -0.474 e. The number of fused-ring (bicyclic) bond motifs is 1. The predicted molar refractivity (Wildman–Crippen MR) is 192 cm³/mol. The molecular formula is C39H42FN5O4S. The summed E-state index contributed by atoms with van der Waals surface area (Å²) in [6, 6.07) is 29.9. The number of halogens is 1. The Morgan fingerprint density at radius 1 is 0.940 bits per heavy atom. The number of hydrogen-bond donors (Lipinski definition) is 2. The number of carbonyl (C=O) groups is 1. The second kappa shape index (κ2) is 14.1. The van der Waals surface area contributed by atoms with E-state index in [2.05, 4.69) is 10.4 Å². The maximum absolute atomic E-state index is 15.8. The van der Waals surface area contributed by atoms with Crippen molar-refractivity contribution in [1.29, 1.82) is 4.78 Å². The molecule has 260 valence electrons. The second-order valence-corrected chi connectivity index (χ2v) is 14.8. The standard InChI is InChI=1S/C39H42FN5O4S/c1-26(2)33-21-31(40)22-34(27(3)4)36(33)43-38(46)45(50(41,47)35-23-42-44-24-32(48-5)25-49-37(35)44)39(28-15-9-6-10-16-28,29-17-11-7-12-18-29)30-19-13-8-14-20-30/h6-23,26-27,32,41H,24-25H2,1-5H3,(H,43,46). The highest BCUT2D eigenvalue weighted by Crippen LogP contribution is 2.47. The van der Waals surface area contributed by atoms with Crippen LogP contribution in [-0.4, -0.2) is 44.1 Å². The molecule has 0 fully saturated rings. The predicted octanol–water partition coefficient (Wildman–Crippen LogP) is 8.52. The third-order valence-corrected chi connectivity index (χ3v) is 11.0. The van der Waals surface area contributed by atoms with E-state index in [1.165, 1.54) is 23.0 Å². The minimum absolute atomic E-state index is 0.0540. The molecular weight excluding hydrogens is 654 g/mol. The number of rotatable bonds is 10. The third kappa shape index (κ3) is 6.16. The molecule has 5 aromatic rings. The molecule has 0 spiro atoms. The van der Waals surface area contributed by atoms with Gasteiger partial charge in [-0.25, -0.2) is 27.2 Å². The van der Waals surface area contributed by atoms with Gasteiger partial charge in [-0.15, -0.1) is 0 Å². The Hall–Kier alpha value is -5.00. The summed E-state index contributed by atoms with van der Waals surface area (Å²) in [6.07, 6.45) is 1.04. The van der Waals surface area contributed by atoms with E-state index in [9.17, 15) is 4.78 Å². The van der Waals surface area contributed by atoms with Gasteiger partial charge in [-0.3, -0.25) is 0 Å². The Bertz CT molecular complexity index is 1940. The van der Waals surface area contributed by atoms with Crippen LogP contribution in [0, 0.1) is 10.6 Å². The minimum atomic E-state index is -4.32. The van der Waals surface area contributed by atoms with Crippen LogP contribution in [0.1, 0.15) is 67.3 Å². The highest BCUT2D eigenvalue weighted by molar-refractivity contribution is 7.90. The van der Waals surface area contributed by atoms with Crippen molar-refractivity contribution in [2.24, 2.45) is 0 Å². The molecule has 4 aromatic carbocycles. The zero-order valence-corrected chi connectivity index (χ0v) is 29.6. The first kappa shape index (κ1) is 34.8. The Morgan fingerprint density at radius 2 is 1.42 bits per heavy atom. The summed E-state index contributed by atoms with van der Waals surface area (Å²) < 4.78 is 54.9. The van der Waals surface area contributed by atoms with E-state index in [0.29, 0.717) is 40.0 Å². The summed E-state index contributed by atoms with van der Waals surface area (Å²) in [6.45, 7) is 8.17. The maximum Gasteiger partial charge on any atom is 0.336 e. The van der Waals surface area contributed by atoms with E-state index < -0.39 is 27.3 Å². The molecule has 1 aromatic heterocycles. The van der Waals surface area contributed by atoms with E-state index in [1.807, 2.05) is 119 Å². The van der Waals surface area contributed by atoms with Crippen LogP contribution in [0.3, 0.4) is 0 Å². The van der Waals surface area contributed by atoms with Gasteiger partial charge in [0.2, 0.25) is 5.88 Å². The molecule has 2 N–H and O–H groups in total. The van der Waals surface area contributed by atoms with Gasteiger partial charge < -0.3 is 14.8 Å². The fourth-order valence-corrected chi connectivity index (χ4v) is 8.46. The largest absolute Gasteiger partial charge is 0.474 e. The maximum atomic E-state index is 15.8. The molecule has 1 aliphatic heterocycles. The molecule has 0 radical (unpaired) electrons. The monoisotopic (exact) mass is 695 g/mol. The average Bonchev–Trinajstić information content (AvgIpc) is 3.56. The van der Waals surface area contributed by atoms with Crippen LogP contribution in [0.2, 0.25) is 0 Å². The number of nitrogens with one attached hydrogen (secondary N) is 2. The molecule has 0 aliphatic carbocycles. The normalized spacial score (nSPS) is 15.6. The van der Waals surface area contributed by atoms with E-state index >= 15 is 13.4 Å². The van der Waals surface area contributed by atoms with Crippen molar-refractivity contribution in [3.8, 4) is 5.88 Å². The van der Waals surface area contributed by atoms with Gasteiger partial charge in [-0.1, -0.05) is 119 Å². The van der Waals surface area contributed by atoms with Crippen molar-refractivity contribution in [2.45, 2.75) is 62.6 Å². The van der Waals surface area contributed by atoms with Crippen molar-refractivity contribution in [3.63, 3.8) is 0 Å². The third-order valence-electron chi connectivity index (χ3n) is 9.13. The van der Waals surface area contributed by atoms with Gasteiger partial charge in [0, 0.05) is 12.8 Å². The lowest BCUT2D eigenvalue weighted by molar-refractivity contribution is 0.0165. The molecule has 1 aliphatic rings. The summed E-state index contributed by atoms with van der Waals surface area (Å²) in [5.74, 6) is -0.619. The Morgan fingerprint density at radius 3 is 1.86 bits per heavy atom. The SMILES string of the molecule is COC1COc2c(S(=N)(=O)N(C(=O)Nc3c(C(C)C)cc(F)cc3C(C)C)C(c3ccccc3)(c3ccccc3)c3ccccc3)cnn2C1. The van der Waals surface area contributed by atoms with Crippen LogP contribution >= 0.6 is 0 Å². The van der Waals surface area contributed by atoms with Gasteiger partial charge >= 0.3 is 6.03 Å². The number of anilines is 1. The Labute approximate surface area is 293 Å². The number of methoxy groups -OCH3 is 1. The first-order chi connectivity index (χ1) is 24.0. The smallest absolute Gasteiger partial charge is 0.336 e. The highest BCUT2D eigenvalue weighted by Gasteiger charge is 2.51. The van der Waals surface area contributed by atoms with E-state index in [1.54, 1.807) is 7.11 Å². The van der Waals surface area contributed by atoms with Crippen LogP contribution in [0.4, 0.5) is 14.9 Å². The lowest BCUT2D eigenvalue weighted by atomic mass is 9.77. The highest BCUT2D eigenvalue weighted by atomic mass is 32.2. The molecule has 2 atom stereocenters. The van der Waals surface area contributed by atoms with Gasteiger partial charge in [0.25, 0.3) is 0 Å². The molecule has 2 unspecified atom stereocenters. The zero-order valence-electron chi connectivity index (χ0n) is 28.8. The molecule has 0 saturated carbocycles. The second-order valence-electron chi connectivity index (χ2n) is 13.0. The number of benzene rings is 4. The van der Waals surface area contributed by atoms with Gasteiger partial charge in [-0.2, -0.15) is 5.10 Å². The van der Waals surface area contributed by atoms with Gasteiger partial charge in [0.05, 0.1) is 12.7 Å². The summed E-state index contributed by atoms with van der Waals surface area (Å²) in [5.41, 5.74) is 1.76.